The number of aliphatic hydroxyl groups excluding tert-OH is 1. The van der Waals surface area contributed by atoms with Crippen molar-refractivity contribution in [3.05, 3.63) is 17.8 Å². The second-order valence-corrected chi connectivity index (χ2v) is 3.54. The van der Waals surface area contributed by atoms with Gasteiger partial charge in [-0.1, -0.05) is 0 Å². The lowest BCUT2D eigenvalue weighted by Gasteiger charge is -2.38. The Morgan fingerprint density at radius 1 is 1.62 bits per heavy atom. The van der Waals surface area contributed by atoms with E-state index in [2.05, 4.69) is 15.1 Å². The molecule has 0 spiro atoms. The van der Waals surface area contributed by atoms with Crippen LogP contribution in [-0.2, 0) is 0 Å². The van der Waals surface area contributed by atoms with Crippen LogP contribution in [-0.4, -0.2) is 35.0 Å². The molecule has 70 valence electrons. The van der Waals surface area contributed by atoms with E-state index in [4.69, 9.17) is 5.11 Å². The summed E-state index contributed by atoms with van der Waals surface area (Å²) < 4.78 is 0. The average molecular weight is 179 g/mol. The minimum atomic E-state index is 0.274. The van der Waals surface area contributed by atoms with Crippen molar-refractivity contribution in [2.45, 2.75) is 6.92 Å². The van der Waals surface area contributed by atoms with Gasteiger partial charge in [0.2, 0.25) is 0 Å². The Kier molecular flexibility index (Phi) is 2.14. The molecular weight excluding hydrogens is 166 g/mol. The van der Waals surface area contributed by atoms with Crippen molar-refractivity contribution in [3.8, 4) is 0 Å². The lowest BCUT2D eigenvalue weighted by molar-refractivity contribution is 0.200. The van der Waals surface area contributed by atoms with E-state index in [1.165, 1.54) is 0 Å². The monoisotopic (exact) mass is 179 g/mol. The molecule has 1 aromatic rings. The van der Waals surface area contributed by atoms with Gasteiger partial charge in [0.05, 0.1) is 6.20 Å². The van der Waals surface area contributed by atoms with Gasteiger partial charge in [-0.05, 0) is 18.6 Å². The first-order valence-corrected chi connectivity index (χ1v) is 4.44. The standard InChI is InChI=1S/C9H13N3O/c1-7-2-9(11-10-3-7)12-4-8(5-12)6-13/h2-3,8,13H,4-6H2,1H3. The first-order valence-electron chi connectivity index (χ1n) is 4.44. The summed E-state index contributed by atoms with van der Waals surface area (Å²) in [6, 6.07) is 2.01. The first kappa shape index (κ1) is 8.44. The molecule has 0 radical (unpaired) electrons. The van der Waals surface area contributed by atoms with Crippen LogP contribution >= 0.6 is 0 Å². The van der Waals surface area contributed by atoms with E-state index >= 15 is 0 Å². The number of aryl methyl sites for hydroxylation is 1. The predicted molar refractivity (Wildman–Crippen MR) is 49.6 cm³/mol. The van der Waals surface area contributed by atoms with Gasteiger partial charge in [-0.25, -0.2) is 0 Å². The molecule has 0 saturated carbocycles. The van der Waals surface area contributed by atoms with Gasteiger partial charge in [-0.2, -0.15) is 5.10 Å². The minimum Gasteiger partial charge on any atom is -0.396 e. The highest BCUT2D eigenvalue weighted by atomic mass is 16.3. The maximum absolute atomic E-state index is 8.84. The summed E-state index contributed by atoms with van der Waals surface area (Å²) in [5.41, 5.74) is 1.12. The Morgan fingerprint density at radius 3 is 3.00 bits per heavy atom. The van der Waals surface area contributed by atoms with Crippen LogP contribution in [0.15, 0.2) is 12.3 Å². The zero-order valence-electron chi connectivity index (χ0n) is 7.64. The molecule has 2 rings (SSSR count). The molecule has 0 aromatic carbocycles. The summed E-state index contributed by atoms with van der Waals surface area (Å²) in [4.78, 5) is 2.13. The second kappa shape index (κ2) is 3.30. The second-order valence-electron chi connectivity index (χ2n) is 3.54. The van der Waals surface area contributed by atoms with E-state index in [-0.39, 0.29) is 6.61 Å². The number of aliphatic hydroxyl groups is 1. The van der Waals surface area contributed by atoms with Crippen molar-refractivity contribution < 1.29 is 5.11 Å². The molecule has 1 fully saturated rings. The predicted octanol–water partition coefficient (Wildman–Crippen LogP) is 0.214. The summed E-state index contributed by atoms with van der Waals surface area (Å²) in [5, 5.41) is 16.8. The van der Waals surface area contributed by atoms with Crippen LogP contribution in [0.5, 0.6) is 0 Å². The highest BCUT2D eigenvalue weighted by Gasteiger charge is 2.26. The molecule has 4 heteroatoms. The Balaban J connectivity index is 2.03. The summed E-state index contributed by atoms with van der Waals surface area (Å²) in [6.45, 7) is 4.07. The maximum atomic E-state index is 8.84. The van der Waals surface area contributed by atoms with Gasteiger partial charge in [0.1, 0.15) is 0 Å². The number of anilines is 1. The molecule has 13 heavy (non-hydrogen) atoms. The van der Waals surface area contributed by atoms with Crippen LogP contribution in [0.3, 0.4) is 0 Å². The summed E-state index contributed by atoms with van der Waals surface area (Å²) in [6.07, 6.45) is 1.74. The van der Waals surface area contributed by atoms with Crippen LogP contribution < -0.4 is 4.90 Å². The van der Waals surface area contributed by atoms with Crippen molar-refractivity contribution in [1.29, 1.82) is 0 Å². The molecule has 1 aliphatic rings. The van der Waals surface area contributed by atoms with Gasteiger partial charge in [0.15, 0.2) is 5.82 Å². The van der Waals surface area contributed by atoms with Crippen LogP contribution in [0, 0.1) is 12.8 Å². The van der Waals surface area contributed by atoms with Gasteiger partial charge in [0, 0.05) is 25.6 Å². The van der Waals surface area contributed by atoms with Gasteiger partial charge in [0.25, 0.3) is 0 Å². The molecule has 4 nitrogen and oxygen atoms in total. The van der Waals surface area contributed by atoms with Crippen molar-refractivity contribution in [1.82, 2.24) is 10.2 Å². The van der Waals surface area contributed by atoms with Crippen LogP contribution in [0.4, 0.5) is 5.82 Å². The highest BCUT2D eigenvalue weighted by Crippen LogP contribution is 2.21. The zero-order chi connectivity index (χ0) is 9.26. The molecule has 0 aliphatic carbocycles. The Bertz CT molecular complexity index is 297. The Labute approximate surface area is 77.2 Å². The highest BCUT2D eigenvalue weighted by molar-refractivity contribution is 5.41. The quantitative estimate of drug-likeness (QED) is 0.705. The lowest BCUT2D eigenvalue weighted by atomic mass is 10.0. The molecule has 0 amide bonds. The van der Waals surface area contributed by atoms with Gasteiger partial charge < -0.3 is 10.0 Å². The van der Waals surface area contributed by atoms with Crippen molar-refractivity contribution in [2.75, 3.05) is 24.6 Å². The van der Waals surface area contributed by atoms with Gasteiger partial charge >= 0.3 is 0 Å². The first-order chi connectivity index (χ1) is 6.29. The molecule has 0 bridgehead atoms. The summed E-state index contributed by atoms with van der Waals surface area (Å²) in [7, 11) is 0. The van der Waals surface area contributed by atoms with Crippen LogP contribution in [0.25, 0.3) is 0 Å². The van der Waals surface area contributed by atoms with Crippen LogP contribution in [0.1, 0.15) is 5.56 Å². The summed E-state index contributed by atoms with van der Waals surface area (Å²) in [5.74, 6) is 1.34. The molecule has 1 N–H and O–H groups in total. The molecule has 0 atom stereocenters. The van der Waals surface area contributed by atoms with Crippen molar-refractivity contribution in [2.24, 2.45) is 5.92 Å². The molecule has 0 unspecified atom stereocenters. The van der Waals surface area contributed by atoms with E-state index < -0.39 is 0 Å². The Hall–Kier alpha value is -1.16. The number of hydrogen-bond acceptors (Lipinski definition) is 4. The maximum Gasteiger partial charge on any atom is 0.151 e. The van der Waals surface area contributed by atoms with E-state index in [1.807, 2.05) is 13.0 Å². The average Bonchev–Trinajstić information content (AvgIpc) is 2.02. The summed E-state index contributed by atoms with van der Waals surface area (Å²) >= 11 is 0. The molecule has 2 heterocycles. The molecule has 1 aliphatic heterocycles. The normalized spacial score (nSPS) is 17.2. The van der Waals surface area contributed by atoms with E-state index in [1.54, 1.807) is 6.20 Å². The Morgan fingerprint density at radius 2 is 2.38 bits per heavy atom. The van der Waals surface area contributed by atoms with E-state index in [0.717, 1.165) is 24.5 Å². The minimum absolute atomic E-state index is 0.274. The number of rotatable bonds is 2. The van der Waals surface area contributed by atoms with Gasteiger partial charge in [-0.15, -0.1) is 5.10 Å². The zero-order valence-corrected chi connectivity index (χ0v) is 7.64. The fourth-order valence-electron chi connectivity index (χ4n) is 1.48. The largest absolute Gasteiger partial charge is 0.396 e. The smallest absolute Gasteiger partial charge is 0.151 e. The van der Waals surface area contributed by atoms with Crippen molar-refractivity contribution >= 4 is 5.82 Å². The fraction of sp³-hybridized carbons (Fsp3) is 0.556. The number of hydrogen-bond donors (Lipinski definition) is 1. The number of aromatic nitrogens is 2. The fourth-order valence-corrected chi connectivity index (χ4v) is 1.48. The molecule has 1 saturated heterocycles. The van der Waals surface area contributed by atoms with Crippen LogP contribution in [0.2, 0.25) is 0 Å². The molecular formula is C9H13N3O. The lowest BCUT2D eigenvalue weighted by Crippen LogP contribution is -2.48. The number of nitrogens with zero attached hydrogens (tertiary/aromatic N) is 3. The van der Waals surface area contributed by atoms with E-state index in [0.29, 0.717) is 5.92 Å². The SMILES string of the molecule is Cc1cnnc(N2CC(CO)C2)c1. The third-order valence-corrected chi connectivity index (χ3v) is 2.32. The van der Waals surface area contributed by atoms with Crippen molar-refractivity contribution in [3.63, 3.8) is 0 Å². The topological polar surface area (TPSA) is 49.2 Å². The third-order valence-electron chi connectivity index (χ3n) is 2.32. The molecule has 1 aromatic heterocycles. The van der Waals surface area contributed by atoms with E-state index in [9.17, 15) is 0 Å². The van der Waals surface area contributed by atoms with Gasteiger partial charge in [-0.3, -0.25) is 0 Å². The third kappa shape index (κ3) is 1.62.